The monoisotopic (exact) mass is 322 g/mol. The number of aromatic nitrogens is 2. The molecule has 0 unspecified atom stereocenters. The molecule has 0 saturated heterocycles. The van der Waals surface area contributed by atoms with E-state index in [1.807, 2.05) is 23.7 Å². The lowest BCUT2D eigenvalue weighted by Gasteiger charge is -2.12. The van der Waals surface area contributed by atoms with E-state index in [9.17, 15) is 0 Å². The summed E-state index contributed by atoms with van der Waals surface area (Å²) in [6, 6.07) is 4.40. The van der Waals surface area contributed by atoms with E-state index in [2.05, 4.69) is 32.9 Å². The summed E-state index contributed by atoms with van der Waals surface area (Å²) in [5.41, 5.74) is 7.72. The van der Waals surface area contributed by atoms with E-state index in [4.69, 9.17) is 9.97 Å². The highest BCUT2D eigenvalue weighted by atomic mass is 32.1. The van der Waals surface area contributed by atoms with Crippen molar-refractivity contribution in [2.24, 2.45) is 0 Å². The van der Waals surface area contributed by atoms with Crippen LogP contribution in [0, 0.1) is 6.92 Å². The number of hydrogen-bond acceptors (Lipinski definition) is 3. The fourth-order valence-electron chi connectivity index (χ4n) is 3.64. The molecule has 0 atom stereocenters. The molecule has 3 aromatic rings. The Balaban J connectivity index is 1.92. The molecule has 0 bridgehead atoms. The second kappa shape index (κ2) is 5.72. The van der Waals surface area contributed by atoms with E-state index in [-0.39, 0.29) is 0 Å². The SMILES string of the molecule is Cc1cnc(-c2ccnc3c4c(sc23)CCCC4)cc1C(C)C. The van der Waals surface area contributed by atoms with Crippen molar-refractivity contribution in [1.82, 2.24) is 9.97 Å². The quantitative estimate of drug-likeness (QED) is 0.607. The van der Waals surface area contributed by atoms with Gasteiger partial charge in [0, 0.05) is 22.8 Å². The highest BCUT2D eigenvalue weighted by Crippen LogP contribution is 2.40. The summed E-state index contributed by atoms with van der Waals surface area (Å²) >= 11 is 1.94. The van der Waals surface area contributed by atoms with E-state index in [1.54, 1.807) is 4.88 Å². The van der Waals surface area contributed by atoms with Crippen LogP contribution in [0.4, 0.5) is 0 Å². The predicted octanol–water partition coefficient (Wildman–Crippen LogP) is 5.67. The van der Waals surface area contributed by atoms with Crippen molar-refractivity contribution in [3.05, 3.63) is 46.1 Å². The van der Waals surface area contributed by atoms with Crippen LogP contribution in [-0.4, -0.2) is 9.97 Å². The Bertz CT molecular complexity index is 877. The summed E-state index contributed by atoms with van der Waals surface area (Å²) in [4.78, 5) is 11.0. The largest absolute Gasteiger partial charge is 0.256 e. The zero-order valence-corrected chi connectivity index (χ0v) is 14.8. The molecular formula is C20H22N2S. The van der Waals surface area contributed by atoms with Crippen molar-refractivity contribution >= 4 is 21.6 Å². The number of rotatable bonds is 2. The van der Waals surface area contributed by atoms with E-state index in [1.165, 1.54) is 58.2 Å². The molecule has 0 aliphatic heterocycles. The molecule has 0 radical (unpaired) electrons. The van der Waals surface area contributed by atoms with E-state index in [0.717, 1.165) is 5.69 Å². The molecule has 2 nitrogen and oxygen atoms in total. The molecule has 3 heterocycles. The second-order valence-electron chi connectivity index (χ2n) is 6.83. The molecule has 0 fully saturated rings. The third-order valence-corrected chi connectivity index (χ3v) is 6.19. The molecule has 0 aromatic carbocycles. The summed E-state index contributed by atoms with van der Waals surface area (Å²) in [6.45, 7) is 6.65. The van der Waals surface area contributed by atoms with E-state index >= 15 is 0 Å². The minimum absolute atomic E-state index is 0.519. The van der Waals surface area contributed by atoms with Crippen molar-refractivity contribution in [1.29, 1.82) is 0 Å². The smallest absolute Gasteiger partial charge is 0.0851 e. The van der Waals surface area contributed by atoms with E-state index < -0.39 is 0 Å². The first-order valence-corrected chi connectivity index (χ1v) is 9.33. The van der Waals surface area contributed by atoms with Gasteiger partial charge in [0.25, 0.3) is 0 Å². The normalized spacial score (nSPS) is 14.4. The fourth-order valence-corrected chi connectivity index (χ4v) is 5.01. The van der Waals surface area contributed by atoms with Gasteiger partial charge in [0.15, 0.2) is 0 Å². The maximum absolute atomic E-state index is 4.73. The third-order valence-electron chi connectivity index (χ3n) is 4.88. The Hall–Kier alpha value is -1.74. The first kappa shape index (κ1) is 14.8. The van der Waals surface area contributed by atoms with E-state index in [0.29, 0.717) is 5.92 Å². The molecule has 4 rings (SSSR count). The topological polar surface area (TPSA) is 25.8 Å². The molecule has 0 saturated carbocycles. The highest BCUT2D eigenvalue weighted by molar-refractivity contribution is 7.19. The summed E-state index contributed by atoms with van der Waals surface area (Å²) in [7, 11) is 0. The minimum atomic E-state index is 0.519. The van der Waals surface area contributed by atoms with Crippen LogP contribution < -0.4 is 0 Å². The van der Waals surface area contributed by atoms with Crippen molar-refractivity contribution in [2.45, 2.75) is 52.4 Å². The van der Waals surface area contributed by atoms with Crippen LogP contribution in [0.2, 0.25) is 0 Å². The average Bonchev–Trinajstić information content (AvgIpc) is 2.94. The number of fused-ring (bicyclic) bond motifs is 3. The van der Waals surface area contributed by atoms with Gasteiger partial charge in [-0.25, -0.2) is 0 Å². The lowest BCUT2D eigenvalue weighted by atomic mass is 9.96. The van der Waals surface area contributed by atoms with Crippen LogP contribution >= 0.6 is 11.3 Å². The van der Waals surface area contributed by atoms with Gasteiger partial charge in [-0.2, -0.15) is 0 Å². The van der Waals surface area contributed by atoms with Crippen molar-refractivity contribution in [3.8, 4) is 11.3 Å². The first-order chi connectivity index (χ1) is 11.1. The van der Waals surface area contributed by atoms with Crippen molar-refractivity contribution < 1.29 is 0 Å². The fraction of sp³-hybridized carbons (Fsp3) is 0.400. The van der Waals surface area contributed by atoms with Gasteiger partial charge in [0.2, 0.25) is 0 Å². The maximum Gasteiger partial charge on any atom is 0.0851 e. The summed E-state index contributed by atoms with van der Waals surface area (Å²) < 4.78 is 1.32. The zero-order chi connectivity index (χ0) is 16.0. The number of pyridine rings is 2. The average molecular weight is 322 g/mol. The molecule has 0 amide bonds. The molecule has 118 valence electrons. The van der Waals surface area contributed by atoms with Gasteiger partial charge in [-0.1, -0.05) is 13.8 Å². The Morgan fingerprint density at radius 3 is 2.78 bits per heavy atom. The van der Waals surface area contributed by atoms with Crippen LogP contribution in [0.15, 0.2) is 24.5 Å². The van der Waals surface area contributed by atoms with Crippen LogP contribution in [-0.2, 0) is 12.8 Å². The minimum Gasteiger partial charge on any atom is -0.256 e. The Morgan fingerprint density at radius 2 is 1.96 bits per heavy atom. The van der Waals surface area contributed by atoms with Crippen LogP contribution in [0.1, 0.15) is 54.2 Å². The van der Waals surface area contributed by atoms with Crippen molar-refractivity contribution in [3.63, 3.8) is 0 Å². The molecule has 3 heteroatoms. The number of hydrogen-bond donors (Lipinski definition) is 0. The van der Waals surface area contributed by atoms with Crippen LogP contribution in [0.25, 0.3) is 21.5 Å². The molecular weight excluding hydrogens is 300 g/mol. The lowest BCUT2D eigenvalue weighted by Crippen LogP contribution is -1.98. The maximum atomic E-state index is 4.73. The molecule has 0 N–H and O–H groups in total. The van der Waals surface area contributed by atoms with Gasteiger partial charge in [0.05, 0.1) is 15.9 Å². The molecule has 0 spiro atoms. The highest BCUT2D eigenvalue weighted by Gasteiger charge is 2.19. The van der Waals surface area contributed by atoms with Gasteiger partial charge < -0.3 is 0 Å². The number of aryl methyl sites for hydroxylation is 3. The Labute approximate surface area is 141 Å². The van der Waals surface area contributed by atoms with Gasteiger partial charge in [-0.05, 0) is 67.3 Å². The van der Waals surface area contributed by atoms with Crippen LogP contribution in [0.5, 0.6) is 0 Å². The van der Waals surface area contributed by atoms with Gasteiger partial charge >= 0.3 is 0 Å². The van der Waals surface area contributed by atoms with Gasteiger partial charge in [0.1, 0.15) is 0 Å². The van der Waals surface area contributed by atoms with Gasteiger partial charge in [-0.3, -0.25) is 9.97 Å². The van der Waals surface area contributed by atoms with Gasteiger partial charge in [-0.15, -0.1) is 11.3 Å². The lowest BCUT2D eigenvalue weighted by molar-refractivity contribution is 0.699. The summed E-state index contributed by atoms with van der Waals surface area (Å²) in [5.74, 6) is 0.519. The molecule has 3 aromatic heterocycles. The third kappa shape index (κ3) is 2.47. The predicted molar refractivity (Wildman–Crippen MR) is 98.3 cm³/mol. The van der Waals surface area contributed by atoms with Crippen LogP contribution in [0.3, 0.4) is 0 Å². The summed E-state index contributed by atoms with van der Waals surface area (Å²) in [6.07, 6.45) is 8.99. The Morgan fingerprint density at radius 1 is 1.13 bits per heavy atom. The number of nitrogens with zero attached hydrogens (tertiary/aromatic N) is 2. The standard InChI is InChI=1S/C20H22N2S/c1-12(2)16-10-17(22-11-13(16)3)14-8-9-21-19-15-6-4-5-7-18(15)23-20(14)19/h8-12H,4-7H2,1-3H3. The summed E-state index contributed by atoms with van der Waals surface area (Å²) in [5, 5.41) is 0. The second-order valence-corrected chi connectivity index (χ2v) is 7.93. The Kier molecular flexibility index (Phi) is 3.68. The zero-order valence-electron chi connectivity index (χ0n) is 14.0. The molecule has 1 aliphatic rings. The number of thiophene rings is 1. The first-order valence-electron chi connectivity index (χ1n) is 8.51. The molecule has 1 aliphatic carbocycles. The molecule has 23 heavy (non-hydrogen) atoms. The van der Waals surface area contributed by atoms with Crippen molar-refractivity contribution in [2.75, 3.05) is 0 Å².